The molecule has 4 nitrogen and oxygen atoms in total. The molecule has 0 aromatic carbocycles. The molecule has 0 N–H and O–H groups in total. The fourth-order valence-electron chi connectivity index (χ4n) is 0. The summed E-state index contributed by atoms with van der Waals surface area (Å²) in [5.41, 5.74) is 0. The van der Waals surface area contributed by atoms with Crippen molar-refractivity contribution in [3.05, 3.63) is 0 Å². The van der Waals surface area contributed by atoms with Gasteiger partial charge in [-0.15, -0.1) is 0 Å². The largest absolute Gasteiger partial charge is 2.00 e. The number of halogens is 6. The zero-order valence-corrected chi connectivity index (χ0v) is 11.5. The molecule has 0 heterocycles. The number of carbonyl (C=O) groups is 2. The van der Waals surface area contributed by atoms with Crippen molar-refractivity contribution >= 4 is 57.1 Å². The van der Waals surface area contributed by atoms with E-state index in [-0.39, 0.29) is 17.1 Å². The van der Waals surface area contributed by atoms with Crippen molar-refractivity contribution in [2.45, 2.75) is 7.86 Å². The topological polar surface area (TPSA) is 80.3 Å². The molecule has 0 amide bonds. The Balaban J connectivity index is -0.000000180. The SMILES string of the molecule is O=C([O-])C(F)(F)I.O=C([O-])C(F)(F)I.[Cu+2]. The van der Waals surface area contributed by atoms with Gasteiger partial charge in [0.1, 0.15) is 11.9 Å². The molecule has 0 unspecified atom stereocenters. The van der Waals surface area contributed by atoms with Gasteiger partial charge in [-0.25, -0.2) is 0 Å². The third-order valence-electron chi connectivity index (χ3n) is 0.463. The van der Waals surface area contributed by atoms with Gasteiger partial charge in [-0.2, -0.15) is 17.6 Å². The summed E-state index contributed by atoms with van der Waals surface area (Å²) < 4.78 is 37.2. The molecule has 1 radical (unpaired) electrons. The first-order chi connectivity index (χ1) is 5.89. The first-order valence-electron chi connectivity index (χ1n) is 2.45. The Kier molecular flexibility index (Phi) is 11.0. The zero-order chi connectivity index (χ0) is 12.2. The van der Waals surface area contributed by atoms with Crippen LogP contribution in [0.3, 0.4) is 0 Å². The zero-order valence-electron chi connectivity index (χ0n) is 6.20. The Labute approximate surface area is 119 Å². The molecule has 15 heavy (non-hydrogen) atoms. The molecular formula is C4CuF4I2O4. The second-order valence-electron chi connectivity index (χ2n) is 1.57. The van der Waals surface area contributed by atoms with Crippen molar-refractivity contribution in [3.63, 3.8) is 0 Å². The Morgan fingerprint density at radius 3 is 0.933 bits per heavy atom. The summed E-state index contributed by atoms with van der Waals surface area (Å²) in [6, 6.07) is 0. The number of alkyl halides is 6. The number of carboxylic acids is 2. The average Bonchev–Trinajstić information content (AvgIpc) is 1.83. The van der Waals surface area contributed by atoms with E-state index < -0.39 is 19.8 Å². The quantitative estimate of drug-likeness (QED) is 0.220. The number of aliphatic carboxylic acids is 2. The summed E-state index contributed by atoms with van der Waals surface area (Å²) in [5.74, 6) is -4.71. The molecule has 0 spiro atoms. The van der Waals surface area contributed by atoms with Gasteiger partial charge in [0.2, 0.25) is 0 Å². The van der Waals surface area contributed by atoms with E-state index >= 15 is 0 Å². The molecule has 0 fully saturated rings. The van der Waals surface area contributed by atoms with Crippen LogP contribution in [0.4, 0.5) is 17.6 Å². The molecule has 0 aliphatic heterocycles. The average molecular weight is 505 g/mol. The van der Waals surface area contributed by atoms with E-state index in [4.69, 9.17) is 19.8 Å². The molecule has 0 bridgehead atoms. The van der Waals surface area contributed by atoms with Crippen LogP contribution in [0, 0.1) is 0 Å². The maximum Gasteiger partial charge on any atom is 2.00 e. The fraction of sp³-hybridized carbons (Fsp3) is 0.500. The van der Waals surface area contributed by atoms with Gasteiger partial charge in [-0.05, 0) is 0 Å². The molecule has 0 saturated carbocycles. The summed E-state index contributed by atoms with van der Waals surface area (Å²) in [4.78, 5) is 18.3. The Hall–Kier alpha value is 0.639. The van der Waals surface area contributed by atoms with E-state index in [0.29, 0.717) is 45.2 Å². The van der Waals surface area contributed by atoms with Gasteiger partial charge in [0.25, 0.3) is 0 Å². The third kappa shape index (κ3) is 14.6. The number of carboxylic acid groups (broad SMARTS) is 2. The van der Waals surface area contributed by atoms with Gasteiger partial charge in [0, 0.05) is 45.2 Å². The minimum atomic E-state index is -3.72. The monoisotopic (exact) mass is 505 g/mol. The number of hydrogen-bond acceptors (Lipinski definition) is 4. The normalized spacial score (nSPS) is 10.5. The van der Waals surface area contributed by atoms with Crippen LogP contribution in [0.25, 0.3) is 0 Å². The second kappa shape index (κ2) is 7.84. The molecule has 0 saturated heterocycles. The molecule has 0 aromatic rings. The summed E-state index contributed by atoms with van der Waals surface area (Å²) in [5, 5.41) is 18.3. The van der Waals surface area contributed by atoms with E-state index in [1.165, 1.54) is 0 Å². The van der Waals surface area contributed by atoms with Crippen LogP contribution in [0.2, 0.25) is 0 Å². The predicted octanol–water partition coefficient (Wildman–Crippen LogP) is -0.474. The van der Waals surface area contributed by atoms with Crippen molar-refractivity contribution in [1.29, 1.82) is 0 Å². The van der Waals surface area contributed by atoms with Gasteiger partial charge < -0.3 is 19.8 Å². The smallest absolute Gasteiger partial charge is 0.543 e. The molecular weight excluding hydrogens is 505 g/mol. The predicted molar refractivity (Wildman–Crippen MR) is 47.9 cm³/mol. The van der Waals surface area contributed by atoms with Gasteiger partial charge in [-0.3, -0.25) is 0 Å². The van der Waals surface area contributed by atoms with Crippen LogP contribution in [-0.2, 0) is 26.7 Å². The minimum Gasteiger partial charge on any atom is -0.543 e. The van der Waals surface area contributed by atoms with Crippen LogP contribution >= 0.6 is 45.2 Å². The fourth-order valence-corrected chi connectivity index (χ4v) is 0. The molecule has 0 aliphatic carbocycles. The van der Waals surface area contributed by atoms with Crippen LogP contribution in [0.1, 0.15) is 0 Å². The maximum atomic E-state index is 11.2. The van der Waals surface area contributed by atoms with Crippen LogP contribution < -0.4 is 10.2 Å². The first kappa shape index (κ1) is 21.0. The van der Waals surface area contributed by atoms with Crippen molar-refractivity contribution in [2.24, 2.45) is 0 Å². The number of carbonyl (C=O) groups excluding carboxylic acids is 2. The number of rotatable bonds is 2. The second-order valence-corrected chi connectivity index (χ2v) is 4.28. The minimum absolute atomic E-state index is 0. The molecule has 0 atom stereocenters. The van der Waals surface area contributed by atoms with Crippen molar-refractivity contribution in [3.8, 4) is 0 Å². The van der Waals surface area contributed by atoms with E-state index in [9.17, 15) is 17.6 Å². The van der Waals surface area contributed by atoms with Crippen molar-refractivity contribution in [2.75, 3.05) is 0 Å². The molecule has 0 rings (SSSR count). The van der Waals surface area contributed by atoms with E-state index in [2.05, 4.69) is 0 Å². The summed E-state index contributed by atoms with van der Waals surface area (Å²) >= 11 is 0.942. The first-order valence-corrected chi connectivity index (χ1v) is 4.61. The summed E-state index contributed by atoms with van der Waals surface area (Å²) in [6.45, 7) is 0. The van der Waals surface area contributed by atoms with Gasteiger partial charge in [0.15, 0.2) is 0 Å². The maximum absolute atomic E-state index is 11.2. The van der Waals surface area contributed by atoms with Crippen LogP contribution in [-0.4, -0.2) is 19.8 Å². The van der Waals surface area contributed by atoms with Crippen LogP contribution in [0.5, 0.6) is 0 Å². The Bertz CT molecular complexity index is 202. The molecule has 93 valence electrons. The summed E-state index contributed by atoms with van der Waals surface area (Å²) in [6.07, 6.45) is 0. The van der Waals surface area contributed by atoms with Gasteiger partial charge in [0.05, 0.1) is 0 Å². The van der Waals surface area contributed by atoms with Gasteiger partial charge in [-0.1, -0.05) is 0 Å². The van der Waals surface area contributed by atoms with Gasteiger partial charge >= 0.3 is 24.9 Å². The van der Waals surface area contributed by atoms with E-state index in [0.717, 1.165) is 0 Å². The summed E-state index contributed by atoms with van der Waals surface area (Å²) in [7, 11) is 0. The van der Waals surface area contributed by atoms with Crippen molar-refractivity contribution < 1.29 is 54.4 Å². The van der Waals surface area contributed by atoms with E-state index in [1.54, 1.807) is 0 Å². The standard InChI is InChI=1S/2C2HF2IO2.Cu/c2*3-2(4,5)1(6)7;/h2*(H,6,7);/q;;+2/p-2. The van der Waals surface area contributed by atoms with E-state index in [1.807, 2.05) is 0 Å². The van der Waals surface area contributed by atoms with Crippen molar-refractivity contribution in [1.82, 2.24) is 0 Å². The Morgan fingerprint density at radius 2 is 0.933 bits per heavy atom. The Morgan fingerprint density at radius 1 is 0.867 bits per heavy atom. The van der Waals surface area contributed by atoms with Crippen LogP contribution in [0.15, 0.2) is 0 Å². The molecule has 0 aliphatic rings. The molecule has 0 aromatic heterocycles. The number of hydrogen-bond donors (Lipinski definition) is 0. The third-order valence-corrected chi connectivity index (χ3v) is 1.34. The molecule has 11 heteroatoms.